The third-order valence-corrected chi connectivity index (χ3v) is 18.4. The molecule has 1 aliphatic rings. The van der Waals surface area contributed by atoms with Crippen molar-refractivity contribution in [2.45, 2.75) is 78.6 Å². The summed E-state index contributed by atoms with van der Waals surface area (Å²) in [6, 6.07) is 69.0. The average molecular weight is 865 g/mol. The van der Waals surface area contributed by atoms with Gasteiger partial charge in [-0.3, -0.25) is 4.57 Å². The summed E-state index contributed by atoms with van der Waals surface area (Å²) < 4.78 is 2.40. The number of hydrogen-bond acceptors (Lipinski definition) is 3. The molecule has 1 aliphatic heterocycles. The van der Waals surface area contributed by atoms with Gasteiger partial charge in [0.2, 0.25) is 0 Å². The number of nitrogens with zero attached hydrogens (tertiary/aromatic N) is 4. The van der Waals surface area contributed by atoms with E-state index in [2.05, 4.69) is 259 Å². The molecule has 0 bridgehead atoms. The summed E-state index contributed by atoms with van der Waals surface area (Å²) in [7, 11) is -3.10. The average Bonchev–Trinajstić information content (AvgIpc) is 3.86. The molecule has 0 saturated heterocycles. The van der Waals surface area contributed by atoms with Crippen molar-refractivity contribution in [3.05, 3.63) is 205 Å². The molecule has 9 aromatic rings. The summed E-state index contributed by atoms with van der Waals surface area (Å²) in [5, 5.41) is 7.84. The molecule has 0 saturated carbocycles. The lowest BCUT2D eigenvalue weighted by Crippen LogP contribution is -2.74. The van der Waals surface area contributed by atoms with E-state index in [0.717, 1.165) is 11.3 Å². The van der Waals surface area contributed by atoms with Crippen LogP contribution >= 0.6 is 0 Å². The van der Waals surface area contributed by atoms with Crippen LogP contribution in [0.25, 0.3) is 27.6 Å². The van der Waals surface area contributed by atoms with Gasteiger partial charge in [0, 0.05) is 28.3 Å². The van der Waals surface area contributed by atoms with E-state index in [-0.39, 0.29) is 16.2 Å². The Morgan fingerprint density at radius 2 is 0.954 bits per heavy atom. The molecule has 65 heavy (non-hydrogen) atoms. The fourth-order valence-corrected chi connectivity index (χ4v) is 14.9. The second-order valence-corrected chi connectivity index (χ2v) is 24.8. The molecule has 0 fully saturated rings. The van der Waals surface area contributed by atoms with Crippen molar-refractivity contribution in [2.24, 2.45) is 0 Å². The van der Waals surface area contributed by atoms with Crippen LogP contribution in [0, 0.1) is 0 Å². The molecule has 0 unspecified atom stereocenters. The maximum atomic E-state index is 5.08. The summed E-state index contributed by atoms with van der Waals surface area (Å²) in [6.07, 6.45) is 1.98. The Kier molecular flexibility index (Phi) is 10.3. The first kappa shape index (κ1) is 42.3. The zero-order valence-corrected chi connectivity index (χ0v) is 40.4. The molecule has 4 nitrogen and oxygen atoms in total. The second kappa shape index (κ2) is 15.8. The summed E-state index contributed by atoms with van der Waals surface area (Å²) in [4.78, 5) is 10.1. The maximum Gasteiger partial charge on any atom is 0.179 e. The number of aromatic nitrogens is 2. The van der Waals surface area contributed by atoms with Gasteiger partial charge in [-0.05, 0) is 114 Å². The van der Waals surface area contributed by atoms with Gasteiger partial charge < -0.3 is 9.80 Å². The standard InChI is InChI=1S/C60H60N4Si/c1-58(2,3)42-21-20-22-45(35-42)62-41-63(55-30-19-18-29-54(55)62)46-36-44(60(7,8)9)37-50(39-46)65(47-23-12-10-13-24-47,48-25-14-11-15-26-48)49-31-32-52-51-27-16-17-28-53(51)64(56(52)40-49)57-38-43(33-34-61-57)59(4,5)6/h10-40H,41H2,1-9H3. The van der Waals surface area contributed by atoms with Crippen LogP contribution in [0.2, 0.25) is 0 Å². The van der Waals surface area contributed by atoms with Crippen LogP contribution < -0.4 is 30.5 Å². The van der Waals surface area contributed by atoms with Crippen molar-refractivity contribution in [3.8, 4) is 5.82 Å². The molecular formula is C60H60N4Si. The van der Waals surface area contributed by atoms with Crippen LogP contribution in [0.4, 0.5) is 22.7 Å². The van der Waals surface area contributed by atoms with Crippen molar-refractivity contribution in [1.82, 2.24) is 9.55 Å². The maximum absolute atomic E-state index is 5.08. The highest BCUT2D eigenvalue weighted by Crippen LogP contribution is 2.45. The van der Waals surface area contributed by atoms with Gasteiger partial charge in [-0.25, -0.2) is 4.98 Å². The topological polar surface area (TPSA) is 24.3 Å². The fourth-order valence-electron chi connectivity index (χ4n) is 10.0. The van der Waals surface area contributed by atoms with Gasteiger partial charge in [0.05, 0.1) is 22.4 Å². The van der Waals surface area contributed by atoms with Crippen LogP contribution in [0.15, 0.2) is 188 Å². The second-order valence-electron chi connectivity index (χ2n) is 21.0. The molecule has 2 aromatic heterocycles. The van der Waals surface area contributed by atoms with Gasteiger partial charge in [-0.1, -0.05) is 184 Å². The number of anilines is 4. The van der Waals surface area contributed by atoms with Gasteiger partial charge in [0.15, 0.2) is 8.07 Å². The highest BCUT2D eigenvalue weighted by Gasteiger charge is 2.43. The third kappa shape index (κ3) is 7.36. The highest BCUT2D eigenvalue weighted by molar-refractivity contribution is 7.20. The van der Waals surface area contributed by atoms with E-state index in [0.29, 0.717) is 6.67 Å². The number of pyridine rings is 1. The zero-order chi connectivity index (χ0) is 45.3. The van der Waals surface area contributed by atoms with Crippen molar-refractivity contribution in [2.75, 3.05) is 16.5 Å². The Morgan fingerprint density at radius 3 is 1.60 bits per heavy atom. The van der Waals surface area contributed by atoms with E-state index >= 15 is 0 Å². The van der Waals surface area contributed by atoms with Gasteiger partial charge >= 0.3 is 0 Å². The highest BCUT2D eigenvalue weighted by atomic mass is 28.3. The van der Waals surface area contributed by atoms with Crippen molar-refractivity contribution >= 4 is 73.4 Å². The molecule has 5 heteroatoms. The van der Waals surface area contributed by atoms with E-state index in [1.54, 1.807) is 0 Å². The zero-order valence-electron chi connectivity index (χ0n) is 39.4. The van der Waals surface area contributed by atoms with E-state index in [1.807, 2.05) is 6.20 Å². The minimum Gasteiger partial charge on any atom is -0.321 e. The number of hydrogen-bond donors (Lipinski definition) is 0. The first-order valence-corrected chi connectivity index (χ1v) is 25.1. The molecule has 0 atom stereocenters. The Morgan fingerprint density at radius 1 is 0.400 bits per heavy atom. The van der Waals surface area contributed by atoms with Crippen LogP contribution in [0.1, 0.15) is 79.0 Å². The fraction of sp³-hybridized carbons (Fsp3) is 0.217. The van der Waals surface area contributed by atoms with Gasteiger partial charge in [0.25, 0.3) is 0 Å². The number of benzene rings is 7. The van der Waals surface area contributed by atoms with Crippen LogP contribution in [-0.2, 0) is 16.2 Å². The molecule has 0 amide bonds. The van der Waals surface area contributed by atoms with Gasteiger partial charge in [-0.2, -0.15) is 0 Å². The molecule has 7 aromatic carbocycles. The number of para-hydroxylation sites is 3. The largest absolute Gasteiger partial charge is 0.321 e. The lowest BCUT2D eigenvalue weighted by molar-refractivity contribution is 0.588. The molecule has 0 N–H and O–H groups in total. The predicted molar refractivity (Wildman–Crippen MR) is 280 cm³/mol. The van der Waals surface area contributed by atoms with Crippen molar-refractivity contribution in [1.29, 1.82) is 0 Å². The lowest BCUT2D eigenvalue weighted by atomic mass is 9.87. The van der Waals surface area contributed by atoms with Crippen molar-refractivity contribution < 1.29 is 0 Å². The smallest absolute Gasteiger partial charge is 0.179 e. The van der Waals surface area contributed by atoms with E-state index < -0.39 is 8.07 Å². The summed E-state index contributed by atoms with van der Waals surface area (Å²) in [6.45, 7) is 21.5. The lowest BCUT2D eigenvalue weighted by Gasteiger charge is -2.37. The molecule has 324 valence electrons. The van der Waals surface area contributed by atoms with E-state index in [4.69, 9.17) is 4.98 Å². The summed E-state index contributed by atoms with van der Waals surface area (Å²) in [5.41, 5.74) is 11.0. The molecular weight excluding hydrogens is 805 g/mol. The molecule has 0 spiro atoms. The molecule has 0 aliphatic carbocycles. The van der Waals surface area contributed by atoms with Crippen LogP contribution in [-0.4, -0.2) is 24.3 Å². The first-order chi connectivity index (χ1) is 31.1. The SMILES string of the molecule is CC(C)(C)c1cccc(N2CN(c3cc(C(C)(C)C)cc([Si](c4ccccc4)(c4ccccc4)c4ccc5c6ccccc6n(-c6cc(C(C)(C)C)ccn6)c5c4)c3)c3ccccc32)c1. The number of rotatable bonds is 7. The minimum atomic E-state index is -3.10. The quantitative estimate of drug-likeness (QED) is 0.118. The Bertz CT molecular complexity index is 3160. The molecule has 10 rings (SSSR count). The van der Waals surface area contributed by atoms with E-state index in [1.165, 1.54) is 76.5 Å². The van der Waals surface area contributed by atoms with E-state index in [9.17, 15) is 0 Å². The van der Waals surface area contributed by atoms with Crippen LogP contribution in [0.5, 0.6) is 0 Å². The molecule has 3 heterocycles. The minimum absolute atomic E-state index is 0.0244. The summed E-state index contributed by atoms with van der Waals surface area (Å²) in [5.74, 6) is 0.940. The van der Waals surface area contributed by atoms with Crippen molar-refractivity contribution in [3.63, 3.8) is 0 Å². The Balaban J connectivity index is 1.26. The Labute approximate surface area is 386 Å². The summed E-state index contributed by atoms with van der Waals surface area (Å²) >= 11 is 0. The number of fused-ring (bicyclic) bond motifs is 4. The first-order valence-electron chi connectivity index (χ1n) is 23.1. The Hall–Kier alpha value is -6.69. The third-order valence-electron chi connectivity index (χ3n) is 13.7. The van der Waals surface area contributed by atoms with Crippen LogP contribution in [0.3, 0.4) is 0 Å². The normalized spacial score (nSPS) is 13.5. The van der Waals surface area contributed by atoms with Gasteiger partial charge in [-0.15, -0.1) is 0 Å². The monoisotopic (exact) mass is 864 g/mol. The molecule has 0 radical (unpaired) electrons. The predicted octanol–water partition coefficient (Wildman–Crippen LogP) is 12.7. The van der Waals surface area contributed by atoms with Gasteiger partial charge in [0.1, 0.15) is 12.5 Å².